The maximum atomic E-state index is 11.7. The van der Waals surface area contributed by atoms with Gasteiger partial charge in [-0.3, -0.25) is 9.36 Å². The summed E-state index contributed by atoms with van der Waals surface area (Å²) in [5, 5.41) is 0.402. The molecule has 1 aromatic heterocycles. The molecule has 1 heterocycles. The highest BCUT2D eigenvalue weighted by Gasteiger charge is 2.05. The van der Waals surface area contributed by atoms with Crippen molar-refractivity contribution in [3.8, 4) is 0 Å². The second-order valence-corrected chi connectivity index (χ2v) is 3.06. The normalized spacial score (nSPS) is 10.4. The highest BCUT2D eigenvalue weighted by molar-refractivity contribution is 5.77. The molecule has 1 aromatic carbocycles. The van der Waals surface area contributed by atoms with Gasteiger partial charge >= 0.3 is 5.69 Å². The summed E-state index contributed by atoms with van der Waals surface area (Å²) in [6.07, 6.45) is 0.519. The number of aromatic nitrogens is 2. The van der Waals surface area contributed by atoms with Crippen LogP contribution in [0.25, 0.3) is 10.9 Å². The van der Waals surface area contributed by atoms with Gasteiger partial charge in [-0.1, -0.05) is 12.1 Å². The van der Waals surface area contributed by atoms with E-state index in [1.807, 2.05) is 0 Å². The van der Waals surface area contributed by atoms with Crippen molar-refractivity contribution in [2.75, 3.05) is 0 Å². The molecule has 0 saturated carbocycles. The highest BCUT2D eigenvalue weighted by atomic mass is 16.2. The minimum absolute atomic E-state index is 0.223. The number of hydrogen-bond acceptors (Lipinski definition) is 3. The lowest BCUT2D eigenvalue weighted by Crippen LogP contribution is -2.35. The van der Waals surface area contributed by atoms with Crippen LogP contribution in [-0.4, -0.2) is 15.8 Å². The van der Waals surface area contributed by atoms with Crippen LogP contribution >= 0.6 is 0 Å². The van der Waals surface area contributed by atoms with Gasteiger partial charge < -0.3 is 9.78 Å². The van der Waals surface area contributed by atoms with Crippen molar-refractivity contribution in [3.05, 3.63) is 45.1 Å². The maximum absolute atomic E-state index is 11.7. The Balaban J connectivity index is 2.90. The number of benzene rings is 1. The first-order valence-corrected chi connectivity index (χ1v) is 4.39. The van der Waals surface area contributed by atoms with Crippen molar-refractivity contribution >= 4 is 17.2 Å². The molecule has 0 saturated heterocycles. The zero-order chi connectivity index (χ0) is 10.8. The second-order valence-electron chi connectivity index (χ2n) is 3.06. The van der Waals surface area contributed by atoms with Crippen LogP contribution in [0.3, 0.4) is 0 Å². The fourth-order valence-electron chi connectivity index (χ4n) is 1.44. The quantitative estimate of drug-likeness (QED) is 0.693. The van der Waals surface area contributed by atoms with E-state index in [1.165, 1.54) is 0 Å². The molecule has 5 heteroatoms. The van der Waals surface area contributed by atoms with Gasteiger partial charge in [0.15, 0.2) is 0 Å². The molecular weight excluding hydrogens is 196 g/mol. The first-order chi connectivity index (χ1) is 7.24. The summed E-state index contributed by atoms with van der Waals surface area (Å²) in [5.74, 6) is 0. The van der Waals surface area contributed by atoms with Gasteiger partial charge in [0.25, 0.3) is 5.56 Å². The average molecular weight is 204 g/mol. The molecule has 0 aliphatic heterocycles. The number of nitrogens with zero attached hydrogens (tertiary/aromatic N) is 1. The highest BCUT2D eigenvalue weighted by Crippen LogP contribution is 2.02. The Morgan fingerprint density at radius 3 is 2.73 bits per heavy atom. The molecule has 0 spiro atoms. The van der Waals surface area contributed by atoms with Gasteiger partial charge in [-0.05, 0) is 12.1 Å². The maximum Gasteiger partial charge on any atom is 0.329 e. The van der Waals surface area contributed by atoms with E-state index in [4.69, 9.17) is 0 Å². The molecule has 0 aliphatic rings. The number of rotatable bonds is 2. The predicted octanol–water partition coefficient (Wildman–Crippen LogP) is -0.111. The monoisotopic (exact) mass is 204 g/mol. The third-order valence-electron chi connectivity index (χ3n) is 2.15. The minimum Gasteiger partial charge on any atom is -0.307 e. The Hall–Kier alpha value is -2.17. The predicted molar refractivity (Wildman–Crippen MR) is 54.9 cm³/mol. The number of carbonyl (C=O) groups excluding carboxylic acids is 1. The lowest BCUT2D eigenvalue weighted by atomic mass is 10.2. The van der Waals surface area contributed by atoms with Crippen LogP contribution in [0, 0.1) is 0 Å². The molecule has 0 aliphatic carbocycles. The van der Waals surface area contributed by atoms with E-state index in [-0.39, 0.29) is 6.54 Å². The zero-order valence-electron chi connectivity index (χ0n) is 7.77. The summed E-state index contributed by atoms with van der Waals surface area (Å²) in [4.78, 5) is 36.0. The summed E-state index contributed by atoms with van der Waals surface area (Å²) < 4.78 is 0.870. The molecule has 1 N–H and O–H groups in total. The van der Waals surface area contributed by atoms with Crippen molar-refractivity contribution in [2.24, 2.45) is 0 Å². The van der Waals surface area contributed by atoms with Gasteiger partial charge in [0.1, 0.15) is 6.29 Å². The Morgan fingerprint density at radius 1 is 1.27 bits per heavy atom. The molecule has 0 unspecified atom stereocenters. The van der Waals surface area contributed by atoms with E-state index in [0.717, 1.165) is 4.57 Å². The van der Waals surface area contributed by atoms with E-state index in [9.17, 15) is 14.4 Å². The van der Waals surface area contributed by atoms with Crippen LogP contribution in [0.5, 0.6) is 0 Å². The topological polar surface area (TPSA) is 71.9 Å². The first-order valence-electron chi connectivity index (χ1n) is 4.39. The summed E-state index contributed by atoms with van der Waals surface area (Å²) in [7, 11) is 0. The number of aromatic amines is 1. The van der Waals surface area contributed by atoms with E-state index < -0.39 is 11.2 Å². The Morgan fingerprint density at radius 2 is 2.00 bits per heavy atom. The van der Waals surface area contributed by atoms with Crippen molar-refractivity contribution < 1.29 is 4.79 Å². The number of fused-ring (bicyclic) bond motifs is 1. The number of aldehydes is 1. The van der Waals surface area contributed by atoms with Gasteiger partial charge in [0.2, 0.25) is 0 Å². The smallest absolute Gasteiger partial charge is 0.307 e. The molecule has 2 aromatic rings. The van der Waals surface area contributed by atoms with E-state index in [1.54, 1.807) is 24.3 Å². The van der Waals surface area contributed by atoms with E-state index in [2.05, 4.69) is 4.98 Å². The first kappa shape index (κ1) is 9.39. The molecule has 15 heavy (non-hydrogen) atoms. The number of H-pyrrole nitrogens is 1. The fourth-order valence-corrected chi connectivity index (χ4v) is 1.44. The molecule has 76 valence electrons. The lowest BCUT2D eigenvalue weighted by molar-refractivity contribution is -0.108. The molecule has 0 bridgehead atoms. The Kier molecular flexibility index (Phi) is 2.21. The van der Waals surface area contributed by atoms with Crippen molar-refractivity contribution in [3.63, 3.8) is 0 Å². The number of nitrogens with one attached hydrogen (secondary N) is 1. The van der Waals surface area contributed by atoms with Gasteiger partial charge in [-0.15, -0.1) is 0 Å². The zero-order valence-corrected chi connectivity index (χ0v) is 7.77. The lowest BCUT2D eigenvalue weighted by Gasteiger charge is -2.01. The molecule has 0 radical (unpaired) electrons. The minimum atomic E-state index is -0.564. The van der Waals surface area contributed by atoms with Gasteiger partial charge in [-0.25, -0.2) is 4.79 Å². The largest absolute Gasteiger partial charge is 0.329 e. The Bertz CT molecular complexity index is 624. The number of carbonyl (C=O) groups is 1. The Labute approximate surface area is 84.0 Å². The summed E-state index contributed by atoms with van der Waals surface area (Å²) in [6, 6.07) is 6.67. The third-order valence-corrected chi connectivity index (χ3v) is 2.15. The third kappa shape index (κ3) is 1.48. The van der Waals surface area contributed by atoms with Crippen LogP contribution in [0.1, 0.15) is 0 Å². The average Bonchev–Trinajstić information content (AvgIpc) is 2.24. The van der Waals surface area contributed by atoms with Gasteiger partial charge in [-0.2, -0.15) is 0 Å². The molecule has 0 amide bonds. The van der Waals surface area contributed by atoms with Crippen LogP contribution in [0.15, 0.2) is 33.9 Å². The molecule has 0 fully saturated rings. The van der Waals surface area contributed by atoms with E-state index >= 15 is 0 Å². The van der Waals surface area contributed by atoms with E-state index in [0.29, 0.717) is 17.2 Å². The summed E-state index contributed by atoms with van der Waals surface area (Å²) in [5.41, 5.74) is -0.526. The van der Waals surface area contributed by atoms with Crippen LogP contribution in [-0.2, 0) is 11.3 Å². The molecule has 2 rings (SSSR count). The van der Waals surface area contributed by atoms with Crippen LogP contribution in [0.2, 0.25) is 0 Å². The molecule has 5 nitrogen and oxygen atoms in total. The van der Waals surface area contributed by atoms with Gasteiger partial charge in [0, 0.05) is 0 Å². The second kappa shape index (κ2) is 3.53. The molecule has 0 atom stereocenters. The van der Waals surface area contributed by atoms with Crippen LogP contribution < -0.4 is 11.2 Å². The number of hydrogen-bond donors (Lipinski definition) is 1. The van der Waals surface area contributed by atoms with Gasteiger partial charge in [0.05, 0.1) is 17.4 Å². The fraction of sp³-hybridized carbons (Fsp3) is 0.100. The number of para-hydroxylation sites is 1. The molecular formula is C10H8N2O3. The SMILES string of the molecule is O=CCn1c(=O)[nH]c2ccccc2c1=O. The van der Waals surface area contributed by atoms with Crippen molar-refractivity contribution in [1.82, 2.24) is 9.55 Å². The summed E-state index contributed by atoms with van der Waals surface area (Å²) in [6.45, 7) is -0.223. The van der Waals surface area contributed by atoms with Crippen LogP contribution in [0.4, 0.5) is 0 Å². The summed E-state index contributed by atoms with van der Waals surface area (Å²) >= 11 is 0. The standard InChI is InChI=1S/C10H8N2O3/c13-6-5-12-9(14)7-3-1-2-4-8(7)11-10(12)15/h1-4,6H,5H2,(H,11,15). The van der Waals surface area contributed by atoms with Crippen molar-refractivity contribution in [2.45, 2.75) is 6.54 Å². The van der Waals surface area contributed by atoms with Crippen molar-refractivity contribution in [1.29, 1.82) is 0 Å².